The standard InChI is InChI=1S/C23H28N2O.ClH/c1-18(20-10-6-3-7-11-20)25(17-19-8-4-2-5-9-19)22(26)21-16-23(21)12-14-24-15-13-23;/h2-11,18,21,24H,12-17H2,1H3;1H. The molecule has 1 spiro atoms. The third-order valence-electron chi connectivity index (χ3n) is 6.32. The molecule has 1 aliphatic carbocycles. The van der Waals surface area contributed by atoms with E-state index in [1.165, 1.54) is 11.1 Å². The van der Waals surface area contributed by atoms with E-state index in [1.54, 1.807) is 0 Å². The minimum atomic E-state index is 0. The molecule has 3 nitrogen and oxygen atoms in total. The van der Waals surface area contributed by atoms with E-state index in [0.717, 1.165) is 32.4 Å². The topological polar surface area (TPSA) is 32.3 Å². The number of benzene rings is 2. The molecule has 2 aromatic rings. The quantitative estimate of drug-likeness (QED) is 0.817. The fourth-order valence-electron chi connectivity index (χ4n) is 4.47. The summed E-state index contributed by atoms with van der Waals surface area (Å²) in [5.41, 5.74) is 2.67. The smallest absolute Gasteiger partial charge is 0.227 e. The number of hydrogen-bond donors (Lipinski definition) is 1. The van der Waals surface area contributed by atoms with Gasteiger partial charge in [0.1, 0.15) is 0 Å². The van der Waals surface area contributed by atoms with Gasteiger partial charge in [-0.05, 0) is 55.8 Å². The van der Waals surface area contributed by atoms with Crippen molar-refractivity contribution in [1.82, 2.24) is 10.2 Å². The summed E-state index contributed by atoms with van der Waals surface area (Å²) in [6, 6.07) is 20.9. The molecule has 4 heteroatoms. The van der Waals surface area contributed by atoms with Crippen LogP contribution in [0.2, 0.25) is 0 Å². The molecule has 0 radical (unpaired) electrons. The number of nitrogens with zero attached hydrogens (tertiary/aromatic N) is 1. The molecule has 144 valence electrons. The predicted molar refractivity (Wildman–Crippen MR) is 112 cm³/mol. The van der Waals surface area contributed by atoms with Crippen molar-refractivity contribution < 1.29 is 4.79 Å². The summed E-state index contributed by atoms with van der Waals surface area (Å²) in [5.74, 6) is 0.548. The highest BCUT2D eigenvalue weighted by Crippen LogP contribution is 2.59. The Balaban J connectivity index is 0.00000210. The van der Waals surface area contributed by atoms with Gasteiger partial charge < -0.3 is 10.2 Å². The van der Waals surface area contributed by atoms with E-state index in [0.29, 0.717) is 12.5 Å². The van der Waals surface area contributed by atoms with Crippen LogP contribution in [0.25, 0.3) is 0 Å². The van der Waals surface area contributed by atoms with E-state index in [4.69, 9.17) is 0 Å². The SMILES string of the molecule is CC(c1ccccc1)N(Cc1ccccc1)C(=O)C1CC12CCNCC2.Cl. The van der Waals surface area contributed by atoms with Crippen LogP contribution < -0.4 is 5.32 Å². The number of piperidine rings is 1. The van der Waals surface area contributed by atoms with E-state index in [9.17, 15) is 4.79 Å². The lowest BCUT2D eigenvalue weighted by Crippen LogP contribution is -2.37. The monoisotopic (exact) mass is 384 g/mol. The molecule has 4 rings (SSSR count). The third kappa shape index (κ3) is 4.20. The first kappa shape index (κ1) is 19.9. The summed E-state index contributed by atoms with van der Waals surface area (Å²) in [4.78, 5) is 15.6. The molecule has 2 atom stereocenters. The van der Waals surface area contributed by atoms with E-state index in [-0.39, 0.29) is 29.8 Å². The lowest BCUT2D eigenvalue weighted by atomic mass is 9.91. The van der Waals surface area contributed by atoms with Crippen LogP contribution in [0, 0.1) is 11.3 Å². The normalized spacial score (nSPS) is 21.1. The fourth-order valence-corrected chi connectivity index (χ4v) is 4.47. The highest BCUT2D eigenvalue weighted by Gasteiger charge is 2.58. The molecule has 2 aromatic carbocycles. The summed E-state index contributed by atoms with van der Waals surface area (Å²) in [6.45, 7) is 4.95. The van der Waals surface area contributed by atoms with Crippen molar-refractivity contribution in [3.8, 4) is 0 Å². The number of hydrogen-bond acceptors (Lipinski definition) is 2. The van der Waals surface area contributed by atoms with Crippen molar-refractivity contribution in [2.45, 2.75) is 38.8 Å². The molecular weight excluding hydrogens is 356 g/mol. The van der Waals surface area contributed by atoms with Gasteiger partial charge in [-0.25, -0.2) is 0 Å². The molecule has 0 bridgehead atoms. The van der Waals surface area contributed by atoms with Crippen molar-refractivity contribution in [2.75, 3.05) is 13.1 Å². The van der Waals surface area contributed by atoms with E-state index in [2.05, 4.69) is 65.7 Å². The Morgan fingerprint density at radius 2 is 1.67 bits per heavy atom. The molecule has 1 N–H and O–H groups in total. The molecule has 1 amide bonds. The molecule has 1 saturated heterocycles. The summed E-state index contributed by atoms with van der Waals surface area (Å²) in [5, 5.41) is 3.43. The lowest BCUT2D eigenvalue weighted by molar-refractivity contribution is -0.136. The van der Waals surface area contributed by atoms with Crippen LogP contribution in [-0.4, -0.2) is 23.9 Å². The van der Waals surface area contributed by atoms with Crippen LogP contribution in [0.15, 0.2) is 60.7 Å². The molecular formula is C23H29ClN2O. The Hall–Kier alpha value is -1.84. The van der Waals surface area contributed by atoms with Crippen LogP contribution in [0.5, 0.6) is 0 Å². The number of rotatable bonds is 5. The second-order valence-corrected chi connectivity index (χ2v) is 7.91. The van der Waals surface area contributed by atoms with Gasteiger partial charge in [0.05, 0.1) is 6.04 Å². The van der Waals surface area contributed by atoms with E-state index < -0.39 is 0 Å². The van der Waals surface area contributed by atoms with E-state index in [1.807, 2.05) is 12.1 Å². The number of halogens is 1. The predicted octanol–water partition coefficient (Wildman–Crippen LogP) is 4.59. The van der Waals surface area contributed by atoms with Crippen molar-refractivity contribution >= 4 is 18.3 Å². The number of carbonyl (C=O) groups is 1. The van der Waals surface area contributed by atoms with Crippen LogP contribution in [0.1, 0.15) is 43.4 Å². The number of amides is 1. The maximum atomic E-state index is 13.5. The molecule has 1 saturated carbocycles. The van der Waals surface area contributed by atoms with Crippen LogP contribution in [0.4, 0.5) is 0 Å². The zero-order valence-corrected chi connectivity index (χ0v) is 16.8. The number of carbonyl (C=O) groups excluding carboxylic acids is 1. The third-order valence-corrected chi connectivity index (χ3v) is 6.32. The molecule has 0 aromatic heterocycles. The zero-order chi connectivity index (χ0) is 18.0. The van der Waals surface area contributed by atoms with Crippen molar-refractivity contribution in [3.05, 3.63) is 71.8 Å². The largest absolute Gasteiger partial charge is 0.331 e. The molecule has 2 unspecified atom stereocenters. The number of nitrogens with one attached hydrogen (secondary N) is 1. The second-order valence-electron chi connectivity index (χ2n) is 7.91. The molecule has 1 aliphatic heterocycles. The van der Waals surface area contributed by atoms with Gasteiger partial charge >= 0.3 is 0 Å². The Morgan fingerprint density at radius 1 is 1.07 bits per heavy atom. The highest BCUT2D eigenvalue weighted by molar-refractivity contribution is 5.85. The van der Waals surface area contributed by atoms with Gasteiger partial charge in [-0.1, -0.05) is 60.7 Å². The summed E-state index contributed by atoms with van der Waals surface area (Å²) < 4.78 is 0. The molecule has 2 fully saturated rings. The molecule has 2 aliphatic rings. The fraction of sp³-hybridized carbons (Fsp3) is 0.435. The zero-order valence-electron chi connectivity index (χ0n) is 15.9. The second kappa shape index (κ2) is 8.45. The average molecular weight is 385 g/mol. The van der Waals surface area contributed by atoms with Crippen molar-refractivity contribution in [3.63, 3.8) is 0 Å². The van der Waals surface area contributed by atoms with Gasteiger partial charge in [0, 0.05) is 12.5 Å². The first-order chi connectivity index (χ1) is 12.7. The molecule has 27 heavy (non-hydrogen) atoms. The van der Waals surface area contributed by atoms with Gasteiger partial charge in [-0.15, -0.1) is 12.4 Å². The Bertz CT molecular complexity index is 743. The summed E-state index contributed by atoms with van der Waals surface area (Å²) in [7, 11) is 0. The minimum Gasteiger partial charge on any atom is -0.331 e. The first-order valence-electron chi connectivity index (χ1n) is 9.80. The lowest BCUT2D eigenvalue weighted by Gasteiger charge is -2.32. The average Bonchev–Trinajstić information content (AvgIpc) is 3.40. The van der Waals surface area contributed by atoms with Crippen molar-refractivity contribution in [2.24, 2.45) is 11.3 Å². The Kier molecular flexibility index (Phi) is 6.23. The summed E-state index contributed by atoms with van der Waals surface area (Å²) in [6.07, 6.45) is 3.35. The maximum Gasteiger partial charge on any atom is 0.227 e. The Labute approximate surface area is 168 Å². The first-order valence-corrected chi connectivity index (χ1v) is 9.80. The van der Waals surface area contributed by atoms with Gasteiger partial charge in [0.15, 0.2) is 0 Å². The minimum absolute atomic E-state index is 0. The highest BCUT2D eigenvalue weighted by atomic mass is 35.5. The van der Waals surface area contributed by atoms with Crippen LogP contribution in [0.3, 0.4) is 0 Å². The Morgan fingerprint density at radius 3 is 2.30 bits per heavy atom. The van der Waals surface area contributed by atoms with Gasteiger partial charge in [0.2, 0.25) is 5.91 Å². The molecule has 1 heterocycles. The van der Waals surface area contributed by atoms with Gasteiger partial charge in [0.25, 0.3) is 0 Å². The summed E-state index contributed by atoms with van der Waals surface area (Å²) >= 11 is 0. The van der Waals surface area contributed by atoms with Crippen LogP contribution in [-0.2, 0) is 11.3 Å². The van der Waals surface area contributed by atoms with Crippen LogP contribution >= 0.6 is 12.4 Å². The van der Waals surface area contributed by atoms with Crippen molar-refractivity contribution in [1.29, 1.82) is 0 Å². The van der Waals surface area contributed by atoms with E-state index >= 15 is 0 Å². The maximum absolute atomic E-state index is 13.5. The van der Waals surface area contributed by atoms with Gasteiger partial charge in [-0.2, -0.15) is 0 Å². The van der Waals surface area contributed by atoms with Gasteiger partial charge in [-0.3, -0.25) is 4.79 Å².